The molecule has 0 aliphatic carbocycles. The number of hydrogen-bond acceptors (Lipinski definition) is 6. The quantitative estimate of drug-likeness (QED) is 0.738. The van der Waals surface area contributed by atoms with Gasteiger partial charge in [0, 0.05) is 6.54 Å². The Balaban J connectivity index is 1.92. The molecule has 2 atom stereocenters. The van der Waals surface area contributed by atoms with Crippen molar-refractivity contribution in [3.8, 4) is 5.88 Å². The molecule has 2 aliphatic heterocycles. The number of anilines is 1. The minimum absolute atomic E-state index is 0.224. The van der Waals surface area contributed by atoms with Crippen LogP contribution in [0.1, 0.15) is 25.6 Å². The van der Waals surface area contributed by atoms with Crippen LogP contribution < -0.4 is 9.64 Å². The third kappa shape index (κ3) is 1.66. The first-order valence-electron chi connectivity index (χ1n) is 6.88. The molecule has 0 radical (unpaired) electrons. The molecule has 4 rings (SSSR count). The van der Waals surface area contributed by atoms with E-state index >= 15 is 0 Å². The fourth-order valence-electron chi connectivity index (χ4n) is 3.11. The second-order valence-electron chi connectivity index (χ2n) is 5.98. The summed E-state index contributed by atoms with van der Waals surface area (Å²) in [5.41, 5.74) is -0.0102. The summed E-state index contributed by atoms with van der Waals surface area (Å²) >= 11 is 0. The number of hydrogen-bond donors (Lipinski definition) is 2. The van der Waals surface area contributed by atoms with E-state index in [-0.39, 0.29) is 6.04 Å². The van der Waals surface area contributed by atoms with Gasteiger partial charge in [0.1, 0.15) is 23.6 Å². The lowest BCUT2D eigenvalue weighted by atomic mass is 9.90. The van der Waals surface area contributed by atoms with Crippen molar-refractivity contribution in [2.45, 2.75) is 38.3 Å². The number of fused-ring (bicyclic) bond motifs is 2. The van der Waals surface area contributed by atoms with Crippen LogP contribution in [-0.4, -0.2) is 50.1 Å². The van der Waals surface area contributed by atoms with Gasteiger partial charge in [-0.3, -0.25) is 5.10 Å². The van der Waals surface area contributed by atoms with Crippen LogP contribution in [0.25, 0.3) is 11.0 Å². The van der Waals surface area contributed by atoms with Crippen LogP contribution in [0, 0.1) is 6.92 Å². The first kappa shape index (κ1) is 11.9. The number of H-pyrrole nitrogens is 1. The Morgan fingerprint density at radius 3 is 3.15 bits per heavy atom. The number of aromatic nitrogens is 4. The maximum atomic E-state index is 10.4. The van der Waals surface area contributed by atoms with Gasteiger partial charge in [-0.25, -0.2) is 9.97 Å². The Kier molecular flexibility index (Phi) is 2.27. The summed E-state index contributed by atoms with van der Waals surface area (Å²) in [6.45, 7) is 4.85. The van der Waals surface area contributed by atoms with Gasteiger partial charge >= 0.3 is 0 Å². The van der Waals surface area contributed by atoms with Crippen LogP contribution in [0.4, 0.5) is 5.82 Å². The molecule has 2 aliphatic rings. The number of ether oxygens (including phenoxy) is 1. The zero-order valence-corrected chi connectivity index (χ0v) is 11.6. The van der Waals surface area contributed by atoms with E-state index in [0.29, 0.717) is 30.5 Å². The minimum atomic E-state index is -0.698. The Morgan fingerprint density at radius 1 is 1.45 bits per heavy atom. The number of rotatable bonds is 0. The van der Waals surface area contributed by atoms with E-state index in [9.17, 15) is 5.11 Å². The molecule has 2 unspecified atom stereocenters. The molecular weight excluding hydrogens is 258 g/mol. The molecule has 20 heavy (non-hydrogen) atoms. The first-order chi connectivity index (χ1) is 9.53. The van der Waals surface area contributed by atoms with Crippen molar-refractivity contribution in [1.82, 2.24) is 20.2 Å². The summed E-state index contributed by atoms with van der Waals surface area (Å²) < 4.78 is 5.79. The third-order valence-corrected chi connectivity index (χ3v) is 4.13. The van der Waals surface area contributed by atoms with Crippen molar-refractivity contribution < 1.29 is 9.84 Å². The van der Waals surface area contributed by atoms with Crippen molar-refractivity contribution in [1.29, 1.82) is 0 Å². The van der Waals surface area contributed by atoms with E-state index in [1.165, 1.54) is 0 Å². The molecule has 106 valence electrons. The molecular formula is C13H17N5O2. The molecule has 0 bridgehead atoms. The fraction of sp³-hybridized carbons (Fsp3) is 0.615. The van der Waals surface area contributed by atoms with Gasteiger partial charge in [0.15, 0.2) is 5.65 Å². The molecule has 2 aromatic rings. The predicted molar refractivity (Wildman–Crippen MR) is 72.9 cm³/mol. The summed E-state index contributed by atoms with van der Waals surface area (Å²) in [4.78, 5) is 11.1. The van der Waals surface area contributed by atoms with Crippen LogP contribution in [0.2, 0.25) is 0 Å². The maximum Gasteiger partial charge on any atom is 0.246 e. The highest BCUT2D eigenvalue weighted by Crippen LogP contribution is 2.38. The molecule has 7 heteroatoms. The largest absolute Gasteiger partial charge is 0.474 e. The monoisotopic (exact) mass is 275 g/mol. The van der Waals surface area contributed by atoms with E-state index in [1.807, 2.05) is 13.8 Å². The van der Waals surface area contributed by atoms with Crippen molar-refractivity contribution in [3.63, 3.8) is 0 Å². The molecule has 2 aromatic heterocycles. The summed E-state index contributed by atoms with van der Waals surface area (Å²) in [6, 6.07) is 0.224. The van der Waals surface area contributed by atoms with Crippen molar-refractivity contribution in [2.75, 3.05) is 18.1 Å². The van der Waals surface area contributed by atoms with E-state index < -0.39 is 5.60 Å². The number of nitrogens with zero attached hydrogens (tertiary/aromatic N) is 4. The smallest absolute Gasteiger partial charge is 0.246 e. The Bertz CT molecular complexity index is 681. The van der Waals surface area contributed by atoms with Crippen molar-refractivity contribution in [3.05, 3.63) is 5.82 Å². The predicted octanol–water partition coefficient (Wildman–Crippen LogP) is 0.774. The molecule has 7 nitrogen and oxygen atoms in total. The molecule has 1 saturated heterocycles. The zero-order chi connectivity index (χ0) is 13.9. The highest BCUT2D eigenvalue weighted by atomic mass is 16.5. The Labute approximate surface area is 116 Å². The SMILES string of the molecule is Cc1nc2c3c(n[nH]c3n1)OCC1CCC(C)(O)CN21. The number of aryl methyl sites for hydroxylation is 1. The normalized spacial score (nSPS) is 28.9. The number of aromatic amines is 1. The molecule has 0 saturated carbocycles. The summed E-state index contributed by atoms with van der Waals surface area (Å²) in [6.07, 6.45) is 1.65. The van der Waals surface area contributed by atoms with E-state index in [1.54, 1.807) is 0 Å². The van der Waals surface area contributed by atoms with Gasteiger partial charge in [-0.05, 0) is 26.7 Å². The molecule has 0 aromatic carbocycles. The van der Waals surface area contributed by atoms with Crippen molar-refractivity contribution in [2.24, 2.45) is 0 Å². The molecule has 4 heterocycles. The van der Waals surface area contributed by atoms with E-state index in [0.717, 1.165) is 24.0 Å². The molecule has 1 fully saturated rings. The van der Waals surface area contributed by atoms with Crippen LogP contribution in [-0.2, 0) is 0 Å². The van der Waals surface area contributed by atoms with Gasteiger partial charge in [0.05, 0.1) is 11.6 Å². The maximum absolute atomic E-state index is 10.4. The minimum Gasteiger partial charge on any atom is -0.474 e. The van der Waals surface area contributed by atoms with Crippen LogP contribution >= 0.6 is 0 Å². The summed E-state index contributed by atoms with van der Waals surface area (Å²) in [5.74, 6) is 2.07. The first-order valence-corrected chi connectivity index (χ1v) is 6.88. The van der Waals surface area contributed by atoms with Crippen LogP contribution in [0.3, 0.4) is 0 Å². The third-order valence-electron chi connectivity index (χ3n) is 4.13. The van der Waals surface area contributed by atoms with E-state index in [4.69, 9.17) is 4.74 Å². The molecule has 2 N–H and O–H groups in total. The highest BCUT2D eigenvalue weighted by Gasteiger charge is 2.39. The van der Waals surface area contributed by atoms with Gasteiger partial charge in [0.25, 0.3) is 0 Å². The lowest BCUT2D eigenvalue weighted by Gasteiger charge is -2.42. The Hall–Kier alpha value is -1.89. The standard InChI is InChI=1S/C13H17N5O2/c1-7-14-10-9-11(15-7)18-6-13(2,19)4-3-8(18)5-20-12(9)17-16-10/h8,19H,3-6H2,1-2H3,(H,14,15,16,17). The number of aliphatic hydroxyl groups is 1. The molecule has 0 spiro atoms. The van der Waals surface area contributed by atoms with E-state index in [2.05, 4.69) is 25.1 Å². The van der Waals surface area contributed by atoms with Crippen molar-refractivity contribution >= 4 is 16.9 Å². The van der Waals surface area contributed by atoms with Crippen LogP contribution in [0.5, 0.6) is 5.88 Å². The lowest BCUT2D eigenvalue weighted by Crippen LogP contribution is -2.53. The topological polar surface area (TPSA) is 87.2 Å². The number of nitrogens with one attached hydrogen (secondary N) is 1. The number of piperidine rings is 1. The van der Waals surface area contributed by atoms with Gasteiger partial charge in [0.2, 0.25) is 5.88 Å². The van der Waals surface area contributed by atoms with Gasteiger partial charge in [-0.15, -0.1) is 5.10 Å². The summed E-state index contributed by atoms with van der Waals surface area (Å²) in [7, 11) is 0. The Morgan fingerprint density at radius 2 is 2.30 bits per heavy atom. The average molecular weight is 275 g/mol. The summed E-state index contributed by atoms with van der Waals surface area (Å²) in [5, 5.41) is 18.3. The van der Waals surface area contributed by atoms with Gasteiger partial charge in [-0.1, -0.05) is 0 Å². The molecule has 0 amide bonds. The average Bonchev–Trinajstić information content (AvgIpc) is 2.71. The van der Waals surface area contributed by atoms with Crippen LogP contribution in [0.15, 0.2) is 0 Å². The van der Waals surface area contributed by atoms with Gasteiger partial charge in [-0.2, -0.15) is 0 Å². The van der Waals surface area contributed by atoms with Gasteiger partial charge < -0.3 is 14.7 Å². The highest BCUT2D eigenvalue weighted by molar-refractivity contribution is 5.92. The fourth-order valence-corrected chi connectivity index (χ4v) is 3.11. The zero-order valence-electron chi connectivity index (χ0n) is 11.6. The second kappa shape index (κ2) is 3.82. The lowest BCUT2D eigenvalue weighted by molar-refractivity contribution is 0.0321. The second-order valence-corrected chi connectivity index (χ2v) is 5.98.